The first-order chi connectivity index (χ1) is 9.80. The summed E-state index contributed by atoms with van der Waals surface area (Å²) < 4.78 is 23.4. The molecule has 1 aliphatic heterocycles. The zero-order chi connectivity index (χ0) is 15.6. The van der Waals surface area contributed by atoms with E-state index < -0.39 is 22.0 Å². The van der Waals surface area contributed by atoms with Gasteiger partial charge in [0.1, 0.15) is 0 Å². The van der Waals surface area contributed by atoms with Crippen LogP contribution in [-0.2, 0) is 9.84 Å². The van der Waals surface area contributed by atoms with E-state index in [1.165, 1.54) is 0 Å². The second kappa shape index (κ2) is 6.27. The molecule has 0 amide bonds. The molecule has 1 heterocycles. The fourth-order valence-electron chi connectivity index (χ4n) is 2.38. The highest BCUT2D eigenvalue weighted by atomic mass is 32.2. The average molecular weight is 329 g/mol. The number of hydrogen-bond donors (Lipinski definition) is 2. The van der Waals surface area contributed by atoms with Gasteiger partial charge in [0.15, 0.2) is 14.9 Å². The molecule has 116 valence electrons. The molecule has 0 bridgehead atoms. The summed E-state index contributed by atoms with van der Waals surface area (Å²) in [4.78, 5) is 0. The molecule has 1 aromatic carbocycles. The third kappa shape index (κ3) is 3.91. The number of nitrogens with one attached hydrogen (secondary N) is 1. The Kier molecular flexibility index (Phi) is 4.82. The van der Waals surface area contributed by atoms with Crippen molar-refractivity contribution in [1.82, 2.24) is 10.0 Å². The Balaban J connectivity index is 2.18. The van der Waals surface area contributed by atoms with Crippen LogP contribution < -0.4 is 5.32 Å². The van der Waals surface area contributed by atoms with Crippen LogP contribution in [0, 0.1) is 0 Å². The molecule has 0 unspecified atom stereocenters. The fourth-order valence-corrected chi connectivity index (χ4v) is 4.55. The molecule has 0 aromatic heterocycles. The van der Waals surface area contributed by atoms with Gasteiger partial charge >= 0.3 is 0 Å². The summed E-state index contributed by atoms with van der Waals surface area (Å²) in [6.07, 6.45) is -0.951. The Labute approximate surface area is 130 Å². The summed E-state index contributed by atoms with van der Waals surface area (Å²) in [7, 11) is 0.286. The molecular weight excluding hydrogens is 310 g/mol. The molecule has 21 heavy (non-hydrogen) atoms. The summed E-state index contributed by atoms with van der Waals surface area (Å²) in [6.45, 7) is 0. The monoisotopic (exact) mass is 329 g/mol. The van der Waals surface area contributed by atoms with Crippen LogP contribution in [0.3, 0.4) is 0 Å². The summed E-state index contributed by atoms with van der Waals surface area (Å²) in [5, 5.41) is 16.7. The fraction of sp³-hybridized carbons (Fsp3) is 0.462. The van der Waals surface area contributed by atoms with Crippen LogP contribution in [0.2, 0.25) is 0 Å². The largest absolute Gasteiger partial charge is 0.390 e. The topological polar surface area (TPSA) is 72.9 Å². The number of hydrogen-bond acceptors (Lipinski definition) is 5. The number of benzene rings is 1. The van der Waals surface area contributed by atoms with Crippen molar-refractivity contribution in [2.24, 2.45) is 0 Å². The van der Waals surface area contributed by atoms with E-state index in [0.29, 0.717) is 5.11 Å². The Morgan fingerprint density at radius 1 is 1.29 bits per heavy atom. The van der Waals surface area contributed by atoms with E-state index in [2.05, 4.69) is 5.32 Å². The number of para-hydroxylation sites is 1. The average Bonchev–Trinajstić information content (AvgIpc) is 2.63. The molecule has 0 spiro atoms. The molecule has 2 atom stereocenters. The number of hydrazine groups is 1. The van der Waals surface area contributed by atoms with E-state index in [-0.39, 0.29) is 11.5 Å². The molecule has 6 nitrogen and oxygen atoms in total. The van der Waals surface area contributed by atoms with Crippen LogP contribution in [0.4, 0.5) is 5.69 Å². The van der Waals surface area contributed by atoms with Gasteiger partial charge < -0.3 is 10.4 Å². The number of anilines is 1. The summed E-state index contributed by atoms with van der Waals surface area (Å²) in [6, 6.07) is 8.79. The van der Waals surface area contributed by atoms with Crippen molar-refractivity contribution in [3.8, 4) is 0 Å². The first-order valence-corrected chi connectivity index (χ1v) is 8.74. The summed E-state index contributed by atoms with van der Waals surface area (Å²) in [5.41, 5.74) is 0.810. The molecular formula is C13H19N3O3S2. The predicted octanol–water partition coefficient (Wildman–Crippen LogP) is 0.320. The van der Waals surface area contributed by atoms with E-state index in [1.807, 2.05) is 30.3 Å². The lowest BCUT2D eigenvalue weighted by Crippen LogP contribution is -2.54. The molecule has 8 heteroatoms. The maximum absolute atomic E-state index is 11.7. The van der Waals surface area contributed by atoms with Crippen molar-refractivity contribution < 1.29 is 13.5 Å². The Morgan fingerprint density at radius 2 is 1.90 bits per heavy atom. The summed E-state index contributed by atoms with van der Waals surface area (Å²) >= 11 is 5.37. The quantitative estimate of drug-likeness (QED) is 0.611. The smallest absolute Gasteiger partial charge is 0.188 e. The molecule has 1 aromatic rings. The first-order valence-electron chi connectivity index (χ1n) is 6.51. The van der Waals surface area contributed by atoms with E-state index >= 15 is 0 Å². The number of aliphatic hydroxyl groups is 1. The van der Waals surface area contributed by atoms with E-state index in [1.54, 1.807) is 24.1 Å². The highest BCUT2D eigenvalue weighted by Crippen LogP contribution is 2.20. The normalized spacial score (nSPS) is 24.0. The zero-order valence-electron chi connectivity index (χ0n) is 11.9. The van der Waals surface area contributed by atoms with Gasteiger partial charge in [0.2, 0.25) is 0 Å². The van der Waals surface area contributed by atoms with Crippen LogP contribution in [0.25, 0.3) is 0 Å². The molecule has 1 saturated heterocycles. The van der Waals surface area contributed by atoms with Gasteiger partial charge in [0, 0.05) is 19.8 Å². The predicted molar refractivity (Wildman–Crippen MR) is 86.6 cm³/mol. The molecule has 0 saturated carbocycles. The van der Waals surface area contributed by atoms with Crippen LogP contribution in [0.1, 0.15) is 0 Å². The van der Waals surface area contributed by atoms with Gasteiger partial charge in [-0.05, 0) is 24.4 Å². The van der Waals surface area contributed by atoms with Crippen molar-refractivity contribution in [3.05, 3.63) is 30.3 Å². The van der Waals surface area contributed by atoms with Gasteiger partial charge in [-0.25, -0.2) is 13.4 Å². The van der Waals surface area contributed by atoms with Gasteiger partial charge in [-0.3, -0.25) is 5.01 Å². The highest BCUT2D eigenvalue weighted by Gasteiger charge is 2.42. The maximum atomic E-state index is 11.7. The standard InChI is InChI=1S/C13H19N3O3S2/c1-15(2)16(11-8-21(18,19)9-12(11)17)13(20)14-10-6-4-3-5-7-10/h3-7,11-12,17H,8-9H2,1-2H3,(H,14,20)/t11-,12-/m0/s1. The third-order valence-corrected chi connectivity index (χ3v) is 5.26. The highest BCUT2D eigenvalue weighted by molar-refractivity contribution is 7.91. The van der Waals surface area contributed by atoms with E-state index in [4.69, 9.17) is 12.2 Å². The SMILES string of the molecule is CN(C)N(C(=S)Nc1ccccc1)[C@H]1CS(=O)(=O)C[C@@H]1O. The molecule has 1 aliphatic rings. The number of sulfone groups is 1. The molecule has 0 aliphatic carbocycles. The summed E-state index contributed by atoms with van der Waals surface area (Å²) in [5.74, 6) is -0.334. The van der Waals surface area contributed by atoms with Crippen molar-refractivity contribution >= 4 is 32.9 Å². The lowest BCUT2D eigenvalue weighted by Gasteiger charge is -2.37. The number of aliphatic hydroxyl groups excluding tert-OH is 1. The molecule has 1 fully saturated rings. The molecule has 2 N–H and O–H groups in total. The number of thiocarbonyl (C=S) groups is 1. The lowest BCUT2D eigenvalue weighted by atomic mass is 10.2. The minimum Gasteiger partial charge on any atom is -0.390 e. The Bertz CT molecular complexity index is 604. The van der Waals surface area contributed by atoms with Gasteiger partial charge in [-0.2, -0.15) is 0 Å². The van der Waals surface area contributed by atoms with Gasteiger partial charge in [-0.15, -0.1) is 0 Å². The minimum atomic E-state index is -3.24. The second-order valence-electron chi connectivity index (χ2n) is 5.20. The number of nitrogens with zero attached hydrogens (tertiary/aromatic N) is 2. The van der Waals surface area contributed by atoms with Crippen molar-refractivity contribution in [2.75, 3.05) is 30.9 Å². The Morgan fingerprint density at radius 3 is 2.38 bits per heavy atom. The molecule has 2 rings (SSSR count). The first kappa shape index (κ1) is 16.2. The van der Waals surface area contributed by atoms with E-state index in [0.717, 1.165) is 5.69 Å². The van der Waals surface area contributed by atoms with Crippen molar-refractivity contribution in [2.45, 2.75) is 12.1 Å². The van der Waals surface area contributed by atoms with E-state index in [9.17, 15) is 13.5 Å². The third-order valence-electron chi connectivity index (χ3n) is 3.27. The van der Waals surface area contributed by atoms with Gasteiger partial charge in [0.05, 0.1) is 23.7 Å². The van der Waals surface area contributed by atoms with Crippen LogP contribution in [0.15, 0.2) is 30.3 Å². The van der Waals surface area contributed by atoms with Crippen molar-refractivity contribution in [1.29, 1.82) is 0 Å². The zero-order valence-corrected chi connectivity index (χ0v) is 13.6. The molecule has 0 radical (unpaired) electrons. The number of rotatable bonds is 3. The Hall–Kier alpha value is -1.22. The minimum absolute atomic E-state index is 0.108. The van der Waals surface area contributed by atoms with Crippen LogP contribution >= 0.6 is 12.2 Å². The van der Waals surface area contributed by atoms with Crippen LogP contribution in [0.5, 0.6) is 0 Å². The van der Waals surface area contributed by atoms with Crippen LogP contribution in [-0.4, -0.2) is 66.4 Å². The maximum Gasteiger partial charge on any atom is 0.188 e. The second-order valence-corrected chi connectivity index (χ2v) is 7.74. The van der Waals surface area contributed by atoms with Crippen molar-refractivity contribution in [3.63, 3.8) is 0 Å². The lowest BCUT2D eigenvalue weighted by molar-refractivity contribution is 0.0165. The van der Waals surface area contributed by atoms with Gasteiger partial charge in [0.25, 0.3) is 0 Å². The van der Waals surface area contributed by atoms with Gasteiger partial charge in [-0.1, -0.05) is 18.2 Å².